The van der Waals surface area contributed by atoms with E-state index < -0.39 is 17.5 Å². The number of benzene rings is 1. The molecule has 0 aliphatic rings. The second kappa shape index (κ2) is 8.67. The van der Waals surface area contributed by atoms with E-state index in [1.165, 1.54) is 25.0 Å². The minimum atomic E-state index is -1.08. The number of nitrogens with one attached hydrogen (secondary N) is 1. The lowest BCUT2D eigenvalue weighted by atomic mass is 10.0. The first-order valence-corrected chi connectivity index (χ1v) is 7.24. The molecule has 1 amide bonds. The van der Waals surface area contributed by atoms with Gasteiger partial charge in [0, 0.05) is 6.54 Å². The second-order valence-corrected chi connectivity index (χ2v) is 5.45. The predicted octanol–water partition coefficient (Wildman–Crippen LogP) is 4.30. The summed E-state index contributed by atoms with van der Waals surface area (Å²) in [7, 11) is 0. The molecule has 0 bridgehead atoms. The summed E-state index contributed by atoms with van der Waals surface area (Å²) in [5, 5.41) is 2.62. The van der Waals surface area contributed by atoms with Crippen LogP contribution in [0.1, 0.15) is 56.3 Å². The van der Waals surface area contributed by atoms with Gasteiger partial charge < -0.3 is 5.32 Å². The van der Waals surface area contributed by atoms with E-state index in [9.17, 15) is 13.6 Å². The Morgan fingerprint density at radius 1 is 1.15 bits per heavy atom. The van der Waals surface area contributed by atoms with Crippen molar-refractivity contribution in [3.05, 3.63) is 35.4 Å². The van der Waals surface area contributed by atoms with Crippen molar-refractivity contribution in [3.63, 3.8) is 0 Å². The van der Waals surface area contributed by atoms with Crippen LogP contribution in [0.4, 0.5) is 8.78 Å². The summed E-state index contributed by atoms with van der Waals surface area (Å²) in [4.78, 5) is 11.7. The number of rotatable bonds is 8. The third-order valence-corrected chi connectivity index (χ3v) is 3.19. The van der Waals surface area contributed by atoms with E-state index in [0.717, 1.165) is 31.2 Å². The minimum absolute atomic E-state index is 0.232. The van der Waals surface area contributed by atoms with Gasteiger partial charge in [0.05, 0.1) is 5.56 Å². The van der Waals surface area contributed by atoms with Crippen LogP contribution in [-0.4, -0.2) is 12.5 Å². The fourth-order valence-electron chi connectivity index (χ4n) is 2.01. The highest BCUT2D eigenvalue weighted by molar-refractivity contribution is 5.94. The molecule has 1 aromatic rings. The Kier molecular flexibility index (Phi) is 7.20. The molecule has 0 spiro atoms. The highest BCUT2D eigenvalue weighted by Gasteiger charge is 2.14. The number of halogens is 2. The first-order valence-electron chi connectivity index (χ1n) is 7.24. The molecule has 0 fully saturated rings. The number of carbonyl (C=O) groups is 1. The van der Waals surface area contributed by atoms with E-state index in [4.69, 9.17) is 0 Å². The van der Waals surface area contributed by atoms with Crippen molar-refractivity contribution in [3.8, 4) is 0 Å². The lowest BCUT2D eigenvalue weighted by Gasteiger charge is -2.07. The van der Waals surface area contributed by atoms with Gasteiger partial charge in [0.2, 0.25) is 0 Å². The average Bonchev–Trinajstić information content (AvgIpc) is 2.40. The van der Waals surface area contributed by atoms with Crippen LogP contribution in [0.15, 0.2) is 18.2 Å². The van der Waals surface area contributed by atoms with Crippen LogP contribution in [0.5, 0.6) is 0 Å². The molecule has 20 heavy (non-hydrogen) atoms. The number of carbonyl (C=O) groups excluding carboxylic acids is 1. The van der Waals surface area contributed by atoms with Gasteiger partial charge in [-0.3, -0.25) is 4.79 Å². The highest BCUT2D eigenvalue weighted by atomic mass is 19.2. The SMILES string of the molecule is CC(C)CCCCCCNC(=O)c1cccc(F)c1F. The summed E-state index contributed by atoms with van der Waals surface area (Å²) in [5.74, 6) is -1.90. The fourth-order valence-corrected chi connectivity index (χ4v) is 2.01. The van der Waals surface area contributed by atoms with Crippen LogP contribution in [0, 0.1) is 17.6 Å². The van der Waals surface area contributed by atoms with Gasteiger partial charge in [-0.05, 0) is 24.5 Å². The molecule has 0 aliphatic carbocycles. The molecule has 112 valence electrons. The van der Waals surface area contributed by atoms with Crippen LogP contribution in [0.3, 0.4) is 0 Å². The third kappa shape index (κ3) is 5.68. The molecule has 2 nitrogen and oxygen atoms in total. The molecule has 0 radical (unpaired) electrons. The molecule has 1 N–H and O–H groups in total. The number of hydrogen-bond donors (Lipinski definition) is 1. The van der Waals surface area contributed by atoms with E-state index in [1.54, 1.807) is 0 Å². The molecule has 0 heterocycles. The van der Waals surface area contributed by atoms with Crippen LogP contribution in [0.25, 0.3) is 0 Å². The van der Waals surface area contributed by atoms with Gasteiger partial charge in [-0.15, -0.1) is 0 Å². The lowest BCUT2D eigenvalue weighted by Crippen LogP contribution is -2.25. The Bertz CT molecular complexity index is 432. The maximum Gasteiger partial charge on any atom is 0.254 e. The van der Waals surface area contributed by atoms with Crippen LogP contribution in [-0.2, 0) is 0 Å². The molecule has 4 heteroatoms. The van der Waals surface area contributed by atoms with E-state index in [2.05, 4.69) is 19.2 Å². The summed E-state index contributed by atoms with van der Waals surface area (Å²) in [6.45, 7) is 4.90. The van der Waals surface area contributed by atoms with E-state index in [1.807, 2.05) is 0 Å². The van der Waals surface area contributed by atoms with Crippen molar-refractivity contribution in [2.75, 3.05) is 6.54 Å². The highest BCUT2D eigenvalue weighted by Crippen LogP contribution is 2.11. The zero-order chi connectivity index (χ0) is 15.0. The Hall–Kier alpha value is -1.45. The summed E-state index contributed by atoms with van der Waals surface area (Å²) in [6, 6.07) is 3.62. The average molecular weight is 283 g/mol. The fraction of sp³-hybridized carbons (Fsp3) is 0.562. The van der Waals surface area contributed by atoms with Crippen LogP contribution in [0.2, 0.25) is 0 Å². The van der Waals surface area contributed by atoms with Crippen molar-refractivity contribution >= 4 is 5.91 Å². The first kappa shape index (κ1) is 16.6. The zero-order valence-electron chi connectivity index (χ0n) is 12.2. The van der Waals surface area contributed by atoms with Crippen molar-refractivity contribution in [2.24, 2.45) is 5.92 Å². The van der Waals surface area contributed by atoms with Gasteiger partial charge in [0.15, 0.2) is 11.6 Å². The largest absolute Gasteiger partial charge is 0.352 e. The lowest BCUT2D eigenvalue weighted by molar-refractivity contribution is 0.0948. The van der Waals surface area contributed by atoms with Gasteiger partial charge in [0.25, 0.3) is 5.91 Å². The summed E-state index contributed by atoms with van der Waals surface area (Å²) < 4.78 is 26.3. The molecule has 0 atom stereocenters. The van der Waals surface area contributed by atoms with E-state index in [-0.39, 0.29) is 5.56 Å². The summed E-state index contributed by atoms with van der Waals surface area (Å²) in [5.41, 5.74) is -0.232. The Labute approximate surface area is 119 Å². The molecule has 0 unspecified atom stereocenters. The van der Waals surface area contributed by atoms with Gasteiger partial charge in [-0.1, -0.05) is 45.6 Å². The Balaban J connectivity index is 2.22. The maximum atomic E-state index is 13.4. The van der Waals surface area contributed by atoms with E-state index in [0.29, 0.717) is 6.54 Å². The molecular formula is C16H23F2NO. The zero-order valence-corrected chi connectivity index (χ0v) is 12.2. The first-order chi connectivity index (χ1) is 9.52. The number of amides is 1. The summed E-state index contributed by atoms with van der Waals surface area (Å²) in [6.07, 6.45) is 5.47. The quantitative estimate of drug-likeness (QED) is 0.708. The predicted molar refractivity (Wildman–Crippen MR) is 76.6 cm³/mol. The van der Waals surface area contributed by atoms with Gasteiger partial charge >= 0.3 is 0 Å². The molecule has 0 aliphatic heterocycles. The van der Waals surface area contributed by atoms with Crippen LogP contribution < -0.4 is 5.32 Å². The van der Waals surface area contributed by atoms with Gasteiger partial charge in [-0.25, -0.2) is 8.78 Å². The molecular weight excluding hydrogens is 260 g/mol. The Morgan fingerprint density at radius 2 is 1.85 bits per heavy atom. The minimum Gasteiger partial charge on any atom is -0.352 e. The molecule has 0 saturated carbocycles. The standard InChI is InChI=1S/C16H23F2NO/c1-12(2)8-5-3-4-6-11-19-16(20)13-9-7-10-14(17)15(13)18/h7,9-10,12H,3-6,8,11H2,1-2H3,(H,19,20). The smallest absolute Gasteiger partial charge is 0.254 e. The monoisotopic (exact) mass is 283 g/mol. The molecule has 0 saturated heterocycles. The topological polar surface area (TPSA) is 29.1 Å². The maximum absolute atomic E-state index is 13.4. The molecule has 1 aromatic carbocycles. The molecule has 1 rings (SSSR count). The van der Waals surface area contributed by atoms with Crippen LogP contribution >= 0.6 is 0 Å². The van der Waals surface area contributed by atoms with Crippen molar-refractivity contribution in [1.82, 2.24) is 5.32 Å². The van der Waals surface area contributed by atoms with Crippen molar-refractivity contribution < 1.29 is 13.6 Å². The normalized spacial score (nSPS) is 10.8. The van der Waals surface area contributed by atoms with E-state index >= 15 is 0 Å². The van der Waals surface area contributed by atoms with Gasteiger partial charge in [-0.2, -0.15) is 0 Å². The number of unbranched alkanes of at least 4 members (excludes halogenated alkanes) is 3. The Morgan fingerprint density at radius 3 is 2.55 bits per heavy atom. The second-order valence-electron chi connectivity index (χ2n) is 5.45. The molecule has 0 aromatic heterocycles. The van der Waals surface area contributed by atoms with Gasteiger partial charge in [0.1, 0.15) is 0 Å². The van der Waals surface area contributed by atoms with Crippen molar-refractivity contribution in [1.29, 1.82) is 0 Å². The third-order valence-electron chi connectivity index (χ3n) is 3.19. The number of hydrogen-bond acceptors (Lipinski definition) is 1. The summed E-state index contributed by atoms with van der Waals surface area (Å²) >= 11 is 0. The van der Waals surface area contributed by atoms with Crippen molar-refractivity contribution in [2.45, 2.75) is 46.0 Å².